The molecule has 1 aliphatic heterocycles. The summed E-state index contributed by atoms with van der Waals surface area (Å²) < 4.78 is 5.29. The second-order valence-corrected chi connectivity index (χ2v) is 7.25. The number of alkyl carbamates (subject to hydrolysis) is 1. The molecule has 0 aromatic heterocycles. The summed E-state index contributed by atoms with van der Waals surface area (Å²) >= 11 is 0. The molecule has 0 unspecified atom stereocenters. The minimum absolute atomic E-state index is 0.0173. The molecule has 1 aliphatic carbocycles. The fourth-order valence-electron chi connectivity index (χ4n) is 2.74. The first kappa shape index (κ1) is 18.2. The molecule has 0 aromatic rings. The van der Waals surface area contributed by atoms with Crippen molar-refractivity contribution in [1.82, 2.24) is 10.4 Å². The number of imide groups is 1. The van der Waals surface area contributed by atoms with Gasteiger partial charge in [0.2, 0.25) is 0 Å². The van der Waals surface area contributed by atoms with E-state index in [9.17, 15) is 19.2 Å². The largest absolute Gasteiger partial charge is 0.446 e. The van der Waals surface area contributed by atoms with Gasteiger partial charge in [-0.15, -0.1) is 5.06 Å². The number of rotatable bonds is 4. The Labute approximate surface area is 140 Å². The molecule has 2 aliphatic rings. The van der Waals surface area contributed by atoms with Gasteiger partial charge >= 0.3 is 12.1 Å². The maximum atomic E-state index is 12.4. The molecule has 0 radical (unpaired) electrons. The van der Waals surface area contributed by atoms with Crippen molar-refractivity contribution in [3.8, 4) is 0 Å². The normalized spacial score (nSPS) is 20.2. The monoisotopic (exact) mass is 340 g/mol. The molecule has 1 atom stereocenters. The van der Waals surface area contributed by atoms with Crippen molar-refractivity contribution in [3.63, 3.8) is 0 Å². The Morgan fingerprint density at radius 3 is 2.17 bits per heavy atom. The summed E-state index contributed by atoms with van der Waals surface area (Å²) in [6.07, 6.45) is 2.86. The van der Waals surface area contributed by atoms with Crippen LogP contribution in [-0.4, -0.2) is 41.1 Å². The van der Waals surface area contributed by atoms with Crippen LogP contribution in [0.25, 0.3) is 0 Å². The van der Waals surface area contributed by atoms with E-state index in [0.29, 0.717) is 5.06 Å². The minimum atomic E-state index is -1.05. The van der Waals surface area contributed by atoms with Crippen molar-refractivity contribution in [1.29, 1.82) is 0 Å². The van der Waals surface area contributed by atoms with Gasteiger partial charge in [0.05, 0.1) is 0 Å². The molecule has 1 saturated carbocycles. The molecule has 0 spiro atoms. The van der Waals surface area contributed by atoms with E-state index in [0.717, 1.165) is 25.7 Å². The molecule has 2 fully saturated rings. The Balaban J connectivity index is 1.99. The number of amides is 3. The highest BCUT2D eigenvalue weighted by molar-refractivity contribution is 6.01. The van der Waals surface area contributed by atoms with E-state index in [-0.39, 0.29) is 18.9 Å². The zero-order valence-corrected chi connectivity index (χ0v) is 14.3. The maximum absolute atomic E-state index is 12.4. The molecule has 134 valence electrons. The SMILES string of the molecule is CC(C)(C)[C@H](NC(=O)OC1CCCC1)C(=O)ON1C(=O)CCC1=O. The second-order valence-electron chi connectivity index (χ2n) is 7.25. The summed E-state index contributed by atoms with van der Waals surface area (Å²) in [4.78, 5) is 52.5. The van der Waals surface area contributed by atoms with Crippen molar-refractivity contribution in [3.05, 3.63) is 0 Å². The second kappa shape index (κ2) is 7.19. The Kier molecular flexibility index (Phi) is 5.46. The number of nitrogens with one attached hydrogen (secondary N) is 1. The lowest BCUT2D eigenvalue weighted by atomic mass is 9.87. The number of hydrogen-bond acceptors (Lipinski definition) is 6. The molecular formula is C16H24N2O6. The van der Waals surface area contributed by atoms with Crippen LogP contribution in [0.5, 0.6) is 0 Å². The van der Waals surface area contributed by atoms with Crippen molar-refractivity contribution >= 4 is 23.9 Å². The Hall–Kier alpha value is -2.12. The van der Waals surface area contributed by atoms with Crippen LogP contribution >= 0.6 is 0 Å². The van der Waals surface area contributed by atoms with Crippen molar-refractivity contribution in [2.75, 3.05) is 0 Å². The van der Waals surface area contributed by atoms with Crippen LogP contribution in [-0.2, 0) is 24.0 Å². The first-order valence-electron chi connectivity index (χ1n) is 8.23. The Bertz CT molecular complexity index is 517. The fourth-order valence-corrected chi connectivity index (χ4v) is 2.74. The molecule has 8 nitrogen and oxygen atoms in total. The van der Waals surface area contributed by atoms with Crippen LogP contribution in [0.3, 0.4) is 0 Å². The smallest absolute Gasteiger partial charge is 0.408 e. The third-order valence-electron chi connectivity index (χ3n) is 4.13. The van der Waals surface area contributed by atoms with E-state index < -0.39 is 35.3 Å². The van der Waals surface area contributed by atoms with Gasteiger partial charge in [-0.2, -0.15) is 0 Å². The third-order valence-corrected chi connectivity index (χ3v) is 4.13. The molecule has 2 rings (SSSR count). The molecular weight excluding hydrogens is 316 g/mol. The number of carbonyl (C=O) groups excluding carboxylic acids is 4. The highest BCUT2D eigenvalue weighted by atomic mass is 16.7. The summed E-state index contributed by atoms with van der Waals surface area (Å²) in [6, 6.07) is -1.05. The highest BCUT2D eigenvalue weighted by Crippen LogP contribution is 2.24. The zero-order chi connectivity index (χ0) is 17.9. The summed E-state index contributed by atoms with van der Waals surface area (Å²) in [7, 11) is 0. The van der Waals surface area contributed by atoms with E-state index in [4.69, 9.17) is 9.57 Å². The van der Waals surface area contributed by atoms with Gasteiger partial charge in [0.25, 0.3) is 11.8 Å². The average Bonchev–Trinajstić information content (AvgIpc) is 3.08. The minimum Gasteiger partial charge on any atom is -0.446 e. The van der Waals surface area contributed by atoms with Crippen molar-refractivity contribution in [2.24, 2.45) is 5.41 Å². The van der Waals surface area contributed by atoms with E-state index >= 15 is 0 Å². The van der Waals surface area contributed by atoms with Gasteiger partial charge in [0, 0.05) is 12.8 Å². The maximum Gasteiger partial charge on any atom is 0.408 e. The lowest BCUT2D eigenvalue weighted by molar-refractivity contribution is -0.200. The molecule has 1 saturated heterocycles. The molecule has 8 heteroatoms. The Morgan fingerprint density at radius 1 is 1.12 bits per heavy atom. The van der Waals surface area contributed by atoms with Gasteiger partial charge in [-0.05, 0) is 31.1 Å². The van der Waals surface area contributed by atoms with Crippen LogP contribution in [0, 0.1) is 5.41 Å². The quantitative estimate of drug-likeness (QED) is 0.781. The predicted molar refractivity (Wildman–Crippen MR) is 82.3 cm³/mol. The topological polar surface area (TPSA) is 102 Å². The molecule has 1 N–H and O–H groups in total. The molecule has 24 heavy (non-hydrogen) atoms. The summed E-state index contributed by atoms with van der Waals surface area (Å²) in [6.45, 7) is 5.22. The van der Waals surface area contributed by atoms with Crippen LogP contribution in [0.2, 0.25) is 0 Å². The molecule has 1 heterocycles. The molecule has 0 aromatic carbocycles. The first-order valence-corrected chi connectivity index (χ1v) is 8.23. The lowest BCUT2D eigenvalue weighted by Crippen LogP contribution is -2.52. The summed E-state index contributed by atoms with van der Waals surface area (Å²) in [5.41, 5.74) is -0.683. The van der Waals surface area contributed by atoms with Gasteiger partial charge < -0.3 is 14.9 Å². The van der Waals surface area contributed by atoms with Crippen molar-refractivity contribution in [2.45, 2.75) is 71.4 Å². The van der Waals surface area contributed by atoms with Crippen LogP contribution in [0.1, 0.15) is 59.3 Å². The summed E-state index contributed by atoms with van der Waals surface area (Å²) in [5.74, 6) is -1.99. The number of ether oxygens (including phenoxy) is 1. The van der Waals surface area contributed by atoms with E-state index in [1.807, 2.05) is 0 Å². The number of hydroxylamine groups is 2. The van der Waals surface area contributed by atoms with Gasteiger partial charge in [0.1, 0.15) is 12.1 Å². The van der Waals surface area contributed by atoms with E-state index in [1.165, 1.54) is 0 Å². The average molecular weight is 340 g/mol. The number of hydrogen-bond donors (Lipinski definition) is 1. The van der Waals surface area contributed by atoms with Crippen molar-refractivity contribution < 1.29 is 28.8 Å². The van der Waals surface area contributed by atoms with Gasteiger partial charge in [-0.1, -0.05) is 20.8 Å². The van der Waals surface area contributed by atoms with Crippen LogP contribution < -0.4 is 5.32 Å². The third kappa shape index (κ3) is 4.46. The molecule has 3 amide bonds. The van der Waals surface area contributed by atoms with Gasteiger partial charge in [0.15, 0.2) is 0 Å². The van der Waals surface area contributed by atoms with E-state index in [1.54, 1.807) is 20.8 Å². The number of nitrogens with zero attached hydrogens (tertiary/aromatic N) is 1. The Morgan fingerprint density at radius 2 is 1.67 bits per heavy atom. The van der Waals surface area contributed by atoms with Crippen LogP contribution in [0.15, 0.2) is 0 Å². The number of carbonyl (C=O) groups is 4. The first-order chi connectivity index (χ1) is 11.2. The summed E-state index contributed by atoms with van der Waals surface area (Å²) in [5, 5.41) is 2.98. The zero-order valence-electron chi connectivity index (χ0n) is 14.3. The molecule has 0 bridgehead atoms. The predicted octanol–water partition coefficient (Wildman–Crippen LogP) is 1.68. The van der Waals surface area contributed by atoms with Crippen LogP contribution in [0.4, 0.5) is 4.79 Å². The standard InChI is InChI=1S/C16H24N2O6/c1-16(2,3)13(17-15(22)23-10-6-4-5-7-10)14(21)24-18-11(19)8-9-12(18)20/h10,13H,4-9H2,1-3H3,(H,17,22)/t13-/m1/s1. The van der Waals surface area contributed by atoms with E-state index in [2.05, 4.69) is 5.32 Å². The lowest BCUT2D eigenvalue weighted by Gasteiger charge is -2.30. The van der Waals surface area contributed by atoms with Gasteiger partial charge in [-0.25, -0.2) is 9.59 Å². The highest BCUT2D eigenvalue weighted by Gasteiger charge is 2.40. The van der Waals surface area contributed by atoms with Gasteiger partial charge in [-0.3, -0.25) is 9.59 Å². The fraction of sp³-hybridized carbons (Fsp3) is 0.750.